The molecule has 2 rings (SSSR count). The summed E-state index contributed by atoms with van der Waals surface area (Å²) in [6, 6.07) is 3.99. The van der Waals surface area contributed by atoms with Crippen molar-refractivity contribution in [2.75, 3.05) is 6.54 Å². The van der Waals surface area contributed by atoms with Gasteiger partial charge in [-0.3, -0.25) is 0 Å². The minimum Gasteiger partial charge on any atom is -0.312 e. The zero-order valence-corrected chi connectivity index (χ0v) is 13.4. The summed E-state index contributed by atoms with van der Waals surface area (Å²) >= 11 is 0. The number of benzene rings is 1. The Kier molecular flexibility index (Phi) is 5.37. The molecule has 1 aliphatic carbocycles. The van der Waals surface area contributed by atoms with Gasteiger partial charge in [0, 0.05) is 11.6 Å². The highest BCUT2D eigenvalue weighted by atomic mass is 19.1. The van der Waals surface area contributed by atoms with Crippen LogP contribution in [0.2, 0.25) is 0 Å². The first-order valence-electron chi connectivity index (χ1n) is 8.06. The maximum absolute atomic E-state index is 13.5. The van der Waals surface area contributed by atoms with Crippen LogP contribution in [0.1, 0.15) is 64.4 Å². The Labute approximate surface area is 127 Å². The number of hydrogen-bond donors (Lipinski definition) is 1. The van der Waals surface area contributed by atoms with E-state index in [0.29, 0.717) is 5.92 Å². The van der Waals surface area contributed by atoms with Crippen LogP contribution in [0, 0.1) is 17.6 Å². The fourth-order valence-electron chi connectivity index (χ4n) is 3.29. The van der Waals surface area contributed by atoms with Crippen LogP contribution >= 0.6 is 0 Å². The lowest BCUT2D eigenvalue weighted by Crippen LogP contribution is -2.40. The molecule has 0 heterocycles. The van der Waals surface area contributed by atoms with Crippen molar-refractivity contribution < 1.29 is 8.78 Å². The maximum atomic E-state index is 13.5. The molecule has 0 amide bonds. The molecule has 21 heavy (non-hydrogen) atoms. The van der Waals surface area contributed by atoms with Gasteiger partial charge in [-0.2, -0.15) is 0 Å². The van der Waals surface area contributed by atoms with Gasteiger partial charge in [-0.05, 0) is 69.7 Å². The quantitative estimate of drug-likeness (QED) is 0.772. The summed E-state index contributed by atoms with van der Waals surface area (Å²) in [6.45, 7) is 7.37. The van der Waals surface area contributed by atoms with E-state index in [-0.39, 0.29) is 11.5 Å². The van der Waals surface area contributed by atoms with Crippen LogP contribution in [0.15, 0.2) is 18.2 Å². The predicted molar refractivity (Wildman–Crippen MR) is 83.4 cm³/mol. The van der Waals surface area contributed by atoms with Crippen molar-refractivity contribution in [3.63, 3.8) is 0 Å². The van der Waals surface area contributed by atoms with Crippen LogP contribution in [0.5, 0.6) is 0 Å². The Bertz CT molecular complexity index is 445. The van der Waals surface area contributed by atoms with Crippen molar-refractivity contribution in [2.24, 2.45) is 5.92 Å². The molecule has 1 aromatic rings. The van der Waals surface area contributed by atoms with E-state index in [2.05, 4.69) is 26.1 Å². The lowest BCUT2D eigenvalue weighted by molar-refractivity contribution is 0.321. The molecule has 0 saturated heterocycles. The van der Waals surface area contributed by atoms with Crippen LogP contribution in [-0.2, 0) is 0 Å². The first-order chi connectivity index (χ1) is 9.85. The number of hydrogen-bond acceptors (Lipinski definition) is 1. The fraction of sp³-hybridized carbons (Fsp3) is 0.667. The third-order valence-electron chi connectivity index (χ3n) is 4.37. The highest BCUT2D eigenvalue weighted by Gasteiger charge is 2.27. The second-order valence-electron chi connectivity index (χ2n) is 7.34. The van der Waals surface area contributed by atoms with Gasteiger partial charge in [0.15, 0.2) is 0 Å². The highest BCUT2D eigenvalue weighted by Crippen LogP contribution is 2.37. The summed E-state index contributed by atoms with van der Waals surface area (Å²) in [5.41, 5.74) is 0.902. The smallest absolute Gasteiger partial charge is 0.126 e. The molecular weight excluding hydrogens is 268 g/mol. The molecule has 2 unspecified atom stereocenters. The Morgan fingerprint density at radius 3 is 2.24 bits per heavy atom. The fourth-order valence-corrected chi connectivity index (χ4v) is 3.29. The minimum absolute atomic E-state index is 0.0735. The van der Waals surface area contributed by atoms with Gasteiger partial charge >= 0.3 is 0 Å². The number of nitrogens with one attached hydrogen (secondary N) is 1. The van der Waals surface area contributed by atoms with Crippen molar-refractivity contribution in [1.82, 2.24) is 5.32 Å². The normalized spacial score (nSPS) is 23.9. The van der Waals surface area contributed by atoms with Crippen molar-refractivity contribution >= 4 is 0 Å². The summed E-state index contributed by atoms with van der Waals surface area (Å²) in [6.07, 6.45) is 5.74. The summed E-state index contributed by atoms with van der Waals surface area (Å²) in [4.78, 5) is 0. The van der Waals surface area contributed by atoms with Crippen LogP contribution < -0.4 is 5.32 Å². The van der Waals surface area contributed by atoms with Crippen molar-refractivity contribution in [3.8, 4) is 0 Å². The number of halogens is 2. The lowest BCUT2D eigenvalue weighted by atomic mass is 9.82. The first-order valence-corrected chi connectivity index (χ1v) is 8.06. The van der Waals surface area contributed by atoms with E-state index in [1.807, 2.05) is 0 Å². The Morgan fingerprint density at radius 2 is 1.62 bits per heavy atom. The molecule has 1 N–H and O–H groups in total. The highest BCUT2D eigenvalue weighted by molar-refractivity contribution is 5.23. The molecule has 1 aromatic carbocycles. The van der Waals surface area contributed by atoms with Crippen molar-refractivity contribution in [2.45, 2.75) is 64.3 Å². The zero-order valence-electron chi connectivity index (χ0n) is 13.4. The Balaban J connectivity index is 2.18. The molecule has 1 nitrogen and oxygen atoms in total. The number of rotatable bonds is 3. The van der Waals surface area contributed by atoms with Gasteiger partial charge in [0.05, 0.1) is 0 Å². The zero-order chi connectivity index (χ0) is 15.5. The average molecular weight is 295 g/mol. The van der Waals surface area contributed by atoms with Gasteiger partial charge < -0.3 is 5.32 Å². The van der Waals surface area contributed by atoms with Crippen molar-refractivity contribution in [1.29, 1.82) is 0 Å². The van der Waals surface area contributed by atoms with Gasteiger partial charge in [-0.15, -0.1) is 0 Å². The second kappa shape index (κ2) is 6.87. The van der Waals surface area contributed by atoms with Gasteiger partial charge in [-0.1, -0.05) is 19.3 Å². The van der Waals surface area contributed by atoms with Gasteiger partial charge in [0.25, 0.3) is 0 Å². The van der Waals surface area contributed by atoms with Gasteiger partial charge in [-0.25, -0.2) is 8.78 Å². The van der Waals surface area contributed by atoms with Gasteiger partial charge in [0.1, 0.15) is 11.6 Å². The third-order valence-corrected chi connectivity index (χ3v) is 4.37. The molecule has 1 saturated carbocycles. The van der Waals surface area contributed by atoms with E-state index in [1.165, 1.54) is 25.0 Å². The molecular formula is C18H27F2N. The molecule has 1 aliphatic rings. The molecule has 0 aromatic heterocycles. The third kappa shape index (κ3) is 5.06. The summed E-state index contributed by atoms with van der Waals surface area (Å²) in [5.74, 6) is -0.214. The van der Waals surface area contributed by atoms with E-state index in [1.54, 1.807) is 0 Å². The van der Waals surface area contributed by atoms with Crippen LogP contribution in [0.4, 0.5) is 8.78 Å². The summed E-state index contributed by atoms with van der Waals surface area (Å²) in [5, 5.41) is 3.56. The summed E-state index contributed by atoms with van der Waals surface area (Å²) < 4.78 is 27.1. The monoisotopic (exact) mass is 295 g/mol. The SMILES string of the molecule is CC(C)(C)NCC1CCCCCC1c1cc(F)cc(F)c1. The summed E-state index contributed by atoms with van der Waals surface area (Å²) in [7, 11) is 0. The van der Waals surface area contributed by atoms with E-state index in [0.717, 1.165) is 37.4 Å². The maximum Gasteiger partial charge on any atom is 0.126 e. The predicted octanol–water partition coefficient (Wildman–Crippen LogP) is 5.02. The second-order valence-corrected chi connectivity index (χ2v) is 7.34. The molecule has 3 heteroatoms. The lowest BCUT2D eigenvalue weighted by Gasteiger charge is -2.30. The largest absolute Gasteiger partial charge is 0.312 e. The molecule has 0 aliphatic heterocycles. The van der Waals surface area contributed by atoms with E-state index >= 15 is 0 Å². The van der Waals surface area contributed by atoms with E-state index in [4.69, 9.17) is 0 Å². The van der Waals surface area contributed by atoms with Crippen LogP contribution in [-0.4, -0.2) is 12.1 Å². The van der Waals surface area contributed by atoms with Crippen LogP contribution in [0.25, 0.3) is 0 Å². The topological polar surface area (TPSA) is 12.0 Å². The average Bonchev–Trinajstić information content (AvgIpc) is 2.59. The molecule has 118 valence electrons. The Hall–Kier alpha value is -0.960. The van der Waals surface area contributed by atoms with Crippen molar-refractivity contribution in [3.05, 3.63) is 35.4 Å². The molecule has 1 fully saturated rings. The molecule has 0 spiro atoms. The van der Waals surface area contributed by atoms with Crippen LogP contribution in [0.3, 0.4) is 0 Å². The molecule has 2 atom stereocenters. The molecule has 0 radical (unpaired) electrons. The van der Waals surface area contributed by atoms with Gasteiger partial charge in [0.2, 0.25) is 0 Å². The standard InChI is InChI=1S/C18H27F2N/c1-18(2,3)21-12-13-7-5-4-6-8-17(13)14-9-15(19)11-16(20)10-14/h9-11,13,17,21H,4-8,12H2,1-3H3. The minimum atomic E-state index is -0.461. The van der Waals surface area contributed by atoms with E-state index in [9.17, 15) is 8.78 Å². The Morgan fingerprint density at radius 1 is 1.00 bits per heavy atom. The molecule has 0 bridgehead atoms. The first kappa shape index (κ1) is 16.4. The van der Waals surface area contributed by atoms with E-state index < -0.39 is 11.6 Å².